The predicted octanol–water partition coefficient (Wildman–Crippen LogP) is 3.10. The van der Waals surface area contributed by atoms with E-state index >= 15 is 0 Å². The Morgan fingerprint density at radius 2 is 2.00 bits per heavy atom. The molecule has 5 heteroatoms. The normalized spacial score (nSPS) is 10.2. The monoisotopic (exact) mass is 322 g/mol. The molecule has 0 heterocycles. The second-order valence-corrected chi connectivity index (χ2v) is 4.86. The third kappa shape index (κ3) is 3.32. The smallest absolute Gasteiger partial charge is 0.251 e. The van der Waals surface area contributed by atoms with Crippen molar-refractivity contribution in [2.45, 2.75) is 6.54 Å². The van der Waals surface area contributed by atoms with Crippen molar-refractivity contribution in [2.75, 3.05) is 5.73 Å². The van der Waals surface area contributed by atoms with Crippen LogP contribution in [0.4, 0.5) is 10.1 Å². The molecule has 3 nitrogen and oxygen atoms in total. The van der Waals surface area contributed by atoms with Crippen LogP contribution in [0.15, 0.2) is 46.9 Å². The molecule has 0 unspecified atom stereocenters. The van der Waals surface area contributed by atoms with Crippen molar-refractivity contribution in [2.24, 2.45) is 0 Å². The minimum Gasteiger partial charge on any atom is -0.398 e. The molecule has 0 atom stereocenters. The Labute approximate surface area is 118 Å². The number of amides is 1. The third-order valence-corrected chi connectivity index (χ3v) is 3.38. The van der Waals surface area contributed by atoms with Gasteiger partial charge in [0, 0.05) is 27.8 Å². The molecule has 0 saturated heterocycles. The maximum Gasteiger partial charge on any atom is 0.251 e. The van der Waals surface area contributed by atoms with Gasteiger partial charge in [0.2, 0.25) is 0 Å². The molecule has 0 bridgehead atoms. The molecule has 19 heavy (non-hydrogen) atoms. The van der Waals surface area contributed by atoms with Gasteiger partial charge < -0.3 is 11.1 Å². The van der Waals surface area contributed by atoms with Gasteiger partial charge in [-0.1, -0.05) is 18.2 Å². The predicted molar refractivity (Wildman–Crippen MR) is 76.1 cm³/mol. The van der Waals surface area contributed by atoms with E-state index in [0.29, 0.717) is 16.8 Å². The number of nitrogens with two attached hydrogens (primary N) is 1. The molecule has 0 aliphatic rings. The standard InChI is InChI=1S/C14H12BrFN2O/c15-11-6-5-9(7-13(11)17)14(19)18-8-10-3-1-2-4-12(10)16/h1-7H,8,17H2,(H,18,19). The minimum absolute atomic E-state index is 0.140. The van der Waals surface area contributed by atoms with E-state index in [1.807, 2.05) is 0 Å². The molecule has 2 rings (SSSR count). The topological polar surface area (TPSA) is 55.1 Å². The Morgan fingerprint density at radius 1 is 1.26 bits per heavy atom. The number of carbonyl (C=O) groups excluding carboxylic acids is 1. The Morgan fingerprint density at radius 3 is 2.68 bits per heavy atom. The number of rotatable bonds is 3. The Bertz CT molecular complexity index is 616. The van der Waals surface area contributed by atoms with Crippen molar-refractivity contribution in [3.8, 4) is 0 Å². The maximum absolute atomic E-state index is 13.4. The number of carbonyl (C=O) groups is 1. The van der Waals surface area contributed by atoms with Gasteiger partial charge >= 0.3 is 0 Å². The quantitative estimate of drug-likeness (QED) is 0.853. The molecule has 0 saturated carbocycles. The number of anilines is 1. The zero-order valence-electron chi connectivity index (χ0n) is 9.99. The van der Waals surface area contributed by atoms with Crippen molar-refractivity contribution in [3.63, 3.8) is 0 Å². The Balaban J connectivity index is 2.05. The molecule has 3 N–H and O–H groups in total. The van der Waals surface area contributed by atoms with E-state index in [4.69, 9.17) is 5.73 Å². The van der Waals surface area contributed by atoms with Gasteiger partial charge in [0.15, 0.2) is 0 Å². The Kier molecular flexibility index (Phi) is 4.16. The number of hydrogen-bond acceptors (Lipinski definition) is 2. The average molecular weight is 323 g/mol. The fourth-order valence-corrected chi connectivity index (χ4v) is 1.85. The highest BCUT2D eigenvalue weighted by Crippen LogP contribution is 2.20. The van der Waals surface area contributed by atoms with Crippen LogP contribution in [0, 0.1) is 5.82 Å². The summed E-state index contributed by atoms with van der Waals surface area (Å²) in [7, 11) is 0. The molecule has 0 aliphatic heterocycles. The van der Waals surface area contributed by atoms with Crippen LogP contribution < -0.4 is 11.1 Å². The molecular formula is C14H12BrFN2O. The summed E-state index contributed by atoms with van der Waals surface area (Å²) in [6.45, 7) is 0.140. The summed E-state index contributed by atoms with van der Waals surface area (Å²) < 4.78 is 14.1. The van der Waals surface area contributed by atoms with Gasteiger partial charge in [-0.05, 0) is 40.2 Å². The number of halogens is 2. The van der Waals surface area contributed by atoms with E-state index in [2.05, 4.69) is 21.2 Å². The molecule has 0 radical (unpaired) electrons. The number of nitrogens with one attached hydrogen (secondary N) is 1. The SMILES string of the molecule is Nc1cc(C(=O)NCc2ccccc2F)ccc1Br. The highest BCUT2D eigenvalue weighted by molar-refractivity contribution is 9.10. The summed E-state index contributed by atoms with van der Waals surface area (Å²) in [5.74, 6) is -0.624. The van der Waals surface area contributed by atoms with Crippen LogP contribution in [0.5, 0.6) is 0 Å². The van der Waals surface area contributed by atoms with E-state index < -0.39 is 0 Å². The zero-order chi connectivity index (χ0) is 13.8. The van der Waals surface area contributed by atoms with Gasteiger partial charge in [-0.2, -0.15) is 0 Å². The van der Waals surface area contributed by atoms with Crippen LogP contribution in [0.25, 0.3) is 0 Å². The number of benzene rings is 2. The molecule has 98 valence electrons. The van der Waals surface area contributed by atoms with Gasteiger partial charge in [-0.15, -0.1) is 0 Å². The van der Waals surface area contributed by atoms with Crippen LogP contribution >= 0.6 is 15.9 Å². The van der Waals surface area contributed by atoms with Crippen molar-refractivity contribution >= 4 is 27.5 Å². The summed E-state index contributed by atoms with van der Waals surface area (Å²) in [6.07, 6.45) is 0. The molecule has 0 aromatic heterocycles. The largest absolute Gasteiger partial charge is 0.398 e. The maximum atomic E-state index is 13.4. The first-order valence-corrected chi connectivity index (χ1v) is 6.44. The summed E-state index contributed by atoms with van der Waals surface area (Å²) in [5, 5.41) is 2.65. The van der Waals surface area contributed by atoms with Crippen LogP contribution in [0.3, 0.4) is 0 Å². The molecule has 2 aromatic carbocycles. The molecular weight excluding hydrogens is 311 g/mol. The lowest BCUT2D eigenvalue weighted by Crippen LogP contribution is -2.23. The summed E-state index contributed by atoms with van der Waals surface area (Å²) in [4.78, 5) is 11.9. The fraction of sp³-hybridized carbons (Fsp3) is 0.0714. The van der Waals surface area contributed by atoms with Crippen LogP contribution in [-0.2, 0) is 6.54 Å². The molecule has 0 fully saturated rings. The first-order chi connectivity index (χ1) is 9.08. The molecule has 0 spiro atoms. The van der Waals surface area contributed by atoms with E-state index in [-0.39, 0.29) is 18.3 Å². The number of nitrogen functional groups attached to an aromatic ring is 1. The fourth-order valence-electron chi connectivity index (χ4n) is 1.60. The first-order valence-electron chi connectivity index (χ1n) is 5.64. The Hall–Kier alpha value is -1.88. The first kappa shape index (κ1) is 13.5. The summed E-state index contributed by atoms with van der Waals surface area (Å²) in [6, 6.07) is 11.2. The molecule has 0 aliphatic carbocycles. The lowest BCUT2D eigenvalue weighted by atomic mass is 10.1. The third-order valence-electron chi connectivity index (χ3n) is 2.66. The van der Waals surface area contributed by atoms with Crippen LogP contribution in [0.2, 0.25) is 0 Å². The molecule has 2 aromatic rings. The van der Waals surface area contributed by atoms with Crippen LogP contribution in [0.1, 0.15) is 15.9 Å². The van der Waals surface area contributed by atoms with Gasteiger partial charge in [-0.25, -0.2) is 4.39 Å². The summed E-state index contributed by atoms with van der Waals surface area (Å²) in [5.41, 5.74) is 7.07. The molecule has 1 amide bonds. The lowest BCUT2D eigenvalue weighted by Gasteiger charge is -2.07. The summed E-state index contributed by atoms with van der Waals surface area (Å²) >= 11 is 3.26. The van der Waals surface area contributed by atoms with E-state index in [1.165, 1.54) is 6.07 Å². The van der Waals surface area contributed by atoms with Crippen LogP contribution in [-0.4, -0.2) is 5.91 Å². The van der Waals surface area contributed by atoms with Crippen molar-refractivity contribution in [1.29, 1.82) is 0 Å². The van der Waals surface area contributed by atoms with Gasteiger partial charge in [0.05, 0.1) is 0 Å². The van der Waals surface area contributed by atoms with Gasteiger partial charge in [0.25, 0.3) is 5.91 Å². The van der Waals surface area contributed by atoms with E-state index in [1.54, 1.807) is 36.4 Å². The van der Waals surface area contributed by atoms with Gasteiger partial charge in [-0.3, -0.25) is 4.79 Å². The lowest BCUT2D eigenvalue weighted by molar-refractivity contribution is 0.0950. The van der Waals surface area contributed by atoms with Crippen molar-refractivity contribution < 1.29 is 9.18 Å². The van der Waals surface area contributed by atoms with Crippen molar-refractivity contribution in [3.05, 3.63) is 63.9 Å². The number of hydrogen-bond donors (Lipinski definition) is 2. The average Bonchev–Trinajstić information content (AvgIpc) is 2.40. The van der Waals surface area contributed by atoms with E-state index in [0.717, 1.165) is 4.47 Å². The highest BCUT2D eigenvalue weighted by atomic mass is 79.9. The van der Waals surface area contributed by atoms with Crippen molar-refractivity contribution in [1.82, 2.24) is 5.32 Å². The second-order valence-electron chi connectivity index (χ2n) is 4.01. The minimum atomic E-state index is -0.335. The highest BCUT2D eigenvalue weighted by Gasteiger charge is 2.08. The second kappa shape index (κ2) is 5.84. The zero-order valence-corrected chi connectivity index (χ0v) is 11.6. The van der Waals surface area contributed by atoms with Gasteiger partial charge in [0.1, 0.15) is 5.82 Å². The van der Waals surface area contributed by atoms with E-state index in [9.17, 15) is 9.18 Å².